The molecule has 1 aliphatic heterocycles. The van der Waals surface area contributed by atoms with Gasteiger partial charge in [-0.05, 0) is 39.3 Å². The maximum absolute atomic E-state index is 10.8. The van der Waals surface area contributed by atoms with E-state index >= 15 is 0 Å². The van der Waals surface area contributed by atoms with Crippen LogP contribution in [0.25, 0.3) is 0 Å². The highest BCUT2D eigenvalue weighted by Gasteiger charge is 2.29. The summed E-state index contributed by atoms with van der Waals surface area (Å²) in [5.41, 5.74) is 0.232. The normalized spacial score (nSPS) is 25.3. The highest BCUT2D eigenvalue weighted by molar-refractivity contribution is 5.84. The van der Waals surface area contributed by atoms with Gasteiger partial charge >= 0.3 is 5.97 Å². The average molecular weight is 253 g/mol. The molecule has 100 valence electrons. The zero-order valence-electron chi connectivity index (χ0n) is 10.8. The molecule has 2 heterocycles. The summed E-state index contributed by atoms with van der Waals surface area (Å²) in [6.07, 6.45) is 1.77. The van der Waals surface area contributed by atoms with E-state index in [0.717, 1.165) is 24.9 Å². The molecule has 0 saturated carbocycles. The number of hydrogen-bond acceptors (Lipinski definition) is 4. The van der Waals surface area contributed by atoms with Gasteiger partial charge in [0.05, 0.1) is 5.60 Å². The van der Waals surface area contributed by atoms with Crippen molar-refractivity contribution < 1.29 is 19.4 Å². The van der Waals surface area contributed by atoms with Crippen LogP contribution in [0.15, 0.2) is 10.5 Å². The summed E-state index contributed by atoms with van der Waals surface area (Å²) in [6.45, 7) is 5.76. The maximum atomic E-state index is 10.8. The van der Waals surface area contributed by atoms with E-state index in [-0.39, 0.29) is 5.76 Å². The van der Waals surface area contributed by atoms with Gasteiger partial charge in [-0.3, -0.25) is 4.90 Å². The zero-order chi connectivity index (χ0) is 13.3. The van der Waals surface area contributed by atoms with Gasteiger partial charge in [-0.2, -0.15) is 0 Å². The van der Waals surface area contributed by atoms with E-state index in [1.54, 1.807) is 13.0 Å². The van der Waals surface area contributed by atoms with Crippen molar-refractivity contribution in [2.45, 2.75) is 38.8 Å². The fourth-order valence-corrected chi connectivity index (χ4v) is 2.48. The number of aliphatic hydroxyl groups is 1. The first-order valence-electron chi connectivity index (χ1n) is 6.15. The summed E-state index contributed by atoms with van der Waals surface area (Å²) in [5, 5.41) is 18.9. The van der Waals surface area contributed by atoms with Gasteiger partial charge in [0.15, 0.2) is 0 Å². The summed E-state index contributed by atoms with van der Waals surface area (Å²) in [4.78, 5) is 12.9. The van der Waals surface area contributed by atoms with Crippen molar-refractivity contribution in [3.63, 3.8) is 0 Å². The van der Waals surface area contributed by atoms with Crippen LogP contribution in [0.3, 0.4) is 0 Å². The lowest BCUT2D eigenvalue weighted by molar-refractivity contribution is -0.0182. The van der Waals surface area contributed by atoms with E-state index in [4.69, 9.17) is 9.52 Å². The highest BCUT2D eigenvalue weighted by atomic mass is 16.4. The number of β-amino-alcohol motifs (C(OH)–C–C–N with tert-alkyl or cyclic N) is 1. The number of carboxylic acids is 1. The van der Waals surface area contributed by atoms with Gasteiger partial charge in [0.2, 0.25) is 5.76 Å². The summed E-state index contributed by atoms with van der Waals surface area (Å²) in [5.74, 6) is -0.432. The molecular weight excluding hydrogens is 234 g/mol. The molecule has 1 aromatic heterocycles. The van der Waals surface area contributed by atoms with Crippen LogP contribution in [0.2, 0.25) is 0 Å². The van der Waals surface area contributed by atoms with Crippen LogP contribution in [0, 0.1) is 6.92 Å². The van der Waals surface area contributed by atoms with Gasteiger partial charge in [0, 0.05) is 18.7 Å². The first kappa shape index (κ1) is 13.1. The Morgan fingerprint density at radius 3 is 2.89 bits per heavy atom. The van der Waals surface area contributed by atoms with Gasteiger partial charge < -0.3 is 14.6 Å². The Morgan fingerprint density at radius 1 is 1.61 bits per heavy atom. The number of rotatable bonds is 3. The lowest BCUT2D eigenvalue weighted by Crippen LogP contribution is -2.45. The second-order valence-corrected chi connectivity index (χ2v) is 5.31. The molecule has 1 saturated heterocycles. The van der Waals surface area contributed by atoms with Crippen molar-refractivity contribution in [1.29, 1.82) is 0 Å². The summed E-state index contributed by atoms with van der Waals surface area (Å²) in [6, 6.07) is 1.57. The van der Waals surface area contributed by atoms with Gasteiger partial charge in [0.25, 0.3) is 0 Å². The van der Waals surface area contributed by atoms with Crippen molar-refractivity contribution in [3.8, 4) is 0 Å². The predicted octanol–water partition coefficient (Wildman–Crippen LogP) is 1.63. The second-order valence-electron chi connectivity index (χ2n) is 5.31. The van der Waals surface area contributed by atoms with Crippen molar-refractivity contribution >= 4 is 5.97 Å². The average Bonchev–Trinajstić information content (AvgIpc) is 2.59. The molecule has 1 aliphatic rings. The Labute approximate surface area is 106 Å². The summed E-state index contributed by atoms with van der Waals surface area (Å²) >= 11 is 0. The lowest BCUT2D eigenvalue weighted by Gasteiger charge is -2.36. The number of furan rings is 1. The van der Waals surface area contributed by atoms with E-state index in [0.29, 0.717) is 18.8 Å². The zero-order valence-corrected chi connectivity index (χ0v) is 10.8. The highest BCUT2D eigenvalue weighted by Crippen LogP contribution is 2.23. The summed E-state index contributed by atoms with van der Waals surface area (Å²) < 4.78 is 5.18. The molecule has 1 aromatic rings. The molecular formula is C13H19NO4. The molecule has 0 radical (unpaired) electrons. The molecule has 0 aliphatic carbocycles. The number of carboxylic acid groups (broad SMARTS) is 1. The van der Waals surface area contributed by atoms with Crippen LogP contribution in [-0.4, -0.2) is 39.8 Å². The first-order chi connectivity index (χ1) is 8.37. The molecule has 1 fully saturated rings. The van der Waals surface area contributed by atoms with E-state index < -0.39 is 11.6 Å². The van der Waals surface area contributed by atoms with E-state index in [1.165, 1.54) is 0 Å². The van der Waals surface area contributed by atoms with Gasteiger partial charge in [-0.1, -0.05) is 0 Å². The molecule has 5 nitrogen and oxygen atoms in total. The van der Waals surface area contributed by atoms with Crippen LogP contribution in [-0.2, 0) is 6.54 Å². The molecule has 2 rings (SSSR count). The number of aromatic carboxylic acids is 1. The quantitative estimate of drug-likeness (QED) is 0.856. The molecule has 18 heavy (non-hydrogen) atoms. The van der Waals surface area contributed by atoms with Crippen LogP contribution >= 0.6 is 0 Å². The number of likely N-dealkylation sites (tertiary alicyclic amines) is 1. The molecule has 2 N–H and O–H groups in total. The number of nitrogens with zero attached hydrogens (tertiary/aromatic N) is 1. The van der Waals surface area contributed by atoms with E-state index in [2.05, 4.69) is 4.90 Å². The van der Waals surface area contributed by atoms with Gasteiger partial charge in [-0.25, -0.2) is 4.79 Å². The summed E-state index contributed by atoms with van der Waals surface area (Å²) in [7, 11) is 0. The van der Waals surface area contributed by atoms with Crippen molar-refractivity contribution in [2.24, 2.45) is 0 Å². The first-order valence-corrected chi connectivity index (χ1v) is 6.15. The Kier molecular flexibility index (Phi) is 3.45. The standard InChI is InChI=1S/C13H19NO4/c1-9-10(6-11(18-9)12(15)16)7-14-5-3-4-13(2,17)8-14/h6,17H,3-5,7-8H2,1-2H3,(H,15,16). The molecule has 0 amide bonds. The lowest BCUT2D eigenvalue weighted by atomic mass is 9.95. The number of carbonyl (C=O) groups is 1. The fraction of sp³-hybridized carbons (Fsp3) is 0.615. The molecule has 0 spiro atoms. The Hall–Kier alpha value is -1.33. The van der Waals surface area contributed by atoms with Crippen LogP contribution in [0.1, 0.15) is 41.6 Å². The van der Waals surface area contributed by atoms with Gasteiger partial charge in [0.1, 0.15) is 5.76 Å². The van der Waals surface area contributed by atoms with Gasteiger partial charge in [-0.15, -0.1) is 0 Å². The topological polar surface area (TPSA) is 73.9 Å². The molecule has 5 heteroatoms. The third-order valence-electron chi connectivity index (χ3n) is 3.38. The Balaban J connectivity index is 2.07. The minimum atomic E-state index is -1.05. The van der Waals surface area contributed by atoms with Crippen molar-refractivity contribution in [2.75, 3.05) is 13.1 Å². The smallest absolute Gasteiger partial charge is 0.371 e. The molecule has 1 atom stereocenters. The largest absolute Gasteiger partial charge is 0.475 e. The molecule has 0 bridgehead atoms. The number of piperidine rings is 1. The van der Waals surface area contributed by atoms with Crippen LogP contribution in [0.4, 0.5) is 0 Å². The minimum absolute atomic E-state index is 0.0220. The fourth-order valence-electron chi connectivity index (χ4n) is 2.48. The third-order valence-corrected chi connectivity index (χ3v) is 3.38. The van der Waals surface area contributed by atoms with E-state index in [1.807, 2.05) is 6.92 Å². The van der Waals surface area contributed by atoms with Crippen molar-refractivity contribution in [3.05, 3.63) is 23.2 Å². The number of aryl methyl sites for hydroxylation is 1. The third kappa shape index (κ3) is 2.91. The SMILES string of the molecule is Cc1oc(C(=O)O)cc1CN1CCCC(C)(O)C1. The molecule has 0 aromatic carbocycles. The maximum Gasteiger partial charge on any atom is 0.371 e. The predicted molar refractivity (Wildman–Crippen MR) is 65.5 cm³/mol. The second kappa shape index (κ2) is 4.74. The van der Waals surface area contributed by atoms with Crippen molar-refractivity contribution in [1.82, 2.24) is 4.90 Å². The minimum Gasteiger partial charge on any atom is -0.475 e. The number of hydrogen-bond donors (Lipinski definition) is 2. The van der Waals surface area contributed by atoms with Crippen LogP contribution < -0.4 is 0 Å². The van der Waals surface area contributed by atoms with E-state index in [9.17, 15) is 9.90 Å². The Morgan fingerprint density at radius 2 is 2.33 bits per heavy atom. The monoisotopic (exact) mass is 253 g/mol. The Bertz CT molecular complexity index is 450. The molecule has 1 unspecified atom stereocenters. The van der Waals surface area contributed by atoms with Crippen LogP contribution in [0.5, 0.6) is 0 Å².